The molecule has 21 nitrogen and oxygen atoms in total. The number of carbonyl (C=O) groups is 2. The summed E-state index contributed by atoms with van der Waals surface area (Å²) < 4.78 is 113. The molecule has 2 aliphatic carbocycles. The van der Waals surface area contributed by atoms with Crippen LogP contribution in [0.1, 0.15) is 24.5 Å². The molecule has 2 saturated carbocycles. The van der Waals surface area contributed by atoms with Crippen LogP contribution >= 0.6 is 0 Å². The summed E-state index contributed by atoms with van der Waals surface area (Å²) in [4.78, 5) is 52.7. The first-order chi connectivity index (χ1) is 34.1. The van der Waals surface area contributed by atoms with Crippen LogP contribution in [0.5, 0.6) is 0 Å². The number of aromatic amines is 2. The standard InChI is InChI=1S/C45H43F4N15O6S2/c1-20-51-38-29(15-34(55-41(38)52-20)57-44(65)23-14-25(23)46)54-28-9-6-21(13-33(28)71(4,67)68)26-10-11-64(61-26)18-24-36(37(24)47)45(66)58-35-16-30(39-42(56-35)60-43(59-39)40(48)49)53-27-8-7-22(32-17-50-19-62(32)2)12-31(27)63(3)72(5,69)70/h6-13,15-17,19,23-25,36-37,40H,14,18H2,1-5H3,(H3,51,52,54,55,57,65)(H3,53,56,58,59,60,66)/t23?,24?,25-,36+,37-/m0/s1. The number of aromatic nitrogens is 10. The number of fused-ring (bicyclic) bond motifs is 2. The number of rotatable bonds is 16. The molecule has 2 amide bonds. The maximum absolute atomic E-state index is 15.5. The molecule has 6 N–H and O–H groups in total. The Kier molecular flexibility index (Phi) is 11.7. The van der Waals surface area contributed by atoms with Gasteiger partial charge in [0, 0.05) is 62.3 Å². The molecule has 72 heavy (non-hydrogen) atoms. The highest BCUT2D eigenvalue weighted by Crippen LogP contribution is 2.45. The van der Waals surface area contributed by atoms with Crippen molar-refractivity contribution in [1.29, 1.82) is 0 Å². The lowest BCUT2D eigenvalue weighted by Gasteiger charge is -2.22. The molecule has 6 aromatic heterocycles. The molecule has 2 fully saturated rings. The van der Waals surface area contributed by atoms with Gasteiger partial charge in [-0.25, -0.2) is 59.3 Å². The SMILES string of the molecule is Cc1nc2nc(NC(=O)C3C[C@@H]3F)cc(Nc3ccc(-c4ccn(CC5[C@@H](C(=O)Nc6cc(Nc7ccc(-c8cncn8C)cc7N(C)S(C)(=O)=O)c7[nH]c(C(F)F)nc7n6)[C@H]5F)n4)cc3S(C)(=O)=O)c2[nH]1. The lowest BCUT2D eigenvalue weighted by atomic mass is 10.1. The van der Waals surface area contributed by atoms with E-state index in [-0.39, 0.29) is 69.1 Å². The number of halogens is 4. The average molecular weight is 1030 g/mol. The molecule has 10 rings (SSSR count). The van der Waals surface area contributed by atoms with Crippen LogP contribution < -0.4 is 25.6 Å². The fourth-order valence-electron chi connectivity index (χ4n) is 8.37. The summed E-state index contributed by atoms with van der Waals surface area (Å²) in [6.07, 6.45) is 1.06. The molecule has 2 aliphatic rings. The minimum absolute atomic E-state index is 0.0201. The maximum atomic E-state index is 15.5. The van der Waals surface area contributed by atoms with Gasteiger partial charge >= 0.3 is 0 Å². The van der Waals surface area contributed by atoms with E-state index in [2.05, 4.69) is 61.3 Å². The fourth-order valence-corrected chi connectivity index (χ4v) is 9.74. The summed E-state index contributed by atoms with van der Waals surface area (Å²) in [5.74, 6) is -4.36. The highest BCUT2D eigenvalue weighted by atomic mass is 32.2. The highest BCUT2D eigenvalue weighted by molar-refractivity contribution is 7.92. The first kappa shape index (κ1) is 47.7. The lowest BCUT2D eigenvalue weighted by molar-refractivity contribution is -0.118. The zero-order chi connectivity index (χ0) is 51.1. The van der Waals surface area contributed by atoms with E-state index in [0.717, 1.165) is 16.8 Å². The van der Waals surface area contributed by atoms with Gasteiger partial charge in [-0.3, -0.25) is 18.6 Å². The van der Waals surface area contributed by atoms with E-state index < -0.39 is 74.0 Å². The smallest absolute Gasteiger partial charge is 0.295 e. The van der Waals surface area contributed by atoms with Gasteiger partial charge in [-0.05, 0) is 43.7 Å². The number of imidazole rings is 3. The highest BCUT2D eigenvalue weighted by Gasteiger charge is 2.56. The number of H-pyrrole nitrogens is 2. The molecule has 27 heteroatoms. The summed E-state index contributed by atoms with van der Waals surface area (Å²) in [6, 6.07) is 13.9. The molecule has 8 aromatic rings. The van der Waals surface area contributed by atoms with E-state index in [1.807, 2.05) is 0 Å². The minimum atomic E-state index is -3.90. The third kappa shape index (κ3) is 9.38. The second-order valence-corrected chi connectivity index (χ2v) is 21.7. The van der Waals surface area contributed by atoms with Crippen molar-refractivity contribution >= 4 is 94.1 Å². The van der Waals surface area contributed by atoms with Gasteiger partial charge < -0.3 is 35.8 Å². The number of nitrogens with zero attached hydrogens (tertiary/aromatic N) is 9. The number of sulfone groups is 1. The van der Waals surface area contributed by atoms with Crippen molar-refractivity contribution in [3.05, 3.63) is 85.0 Å². The van der Waals surface area contributed by atoms with Crippen LogP contribution in [0.25, 0.3) is 44.8 Å². The first-order valence-electron chi connectivity index (χ1n) is 22.0. The van der Waals surface area contributed by atoms with Gasteiger partial charge in [-0.15, -0.1) is 0 Å². The number of pyridine rings is 2. The first-order valence-corrected chi connectivity index (χ1v) is 25.8. The van der Waals surface area contributed by atoms with Crippen molar-refractivity contribution < 1.29 is 44.0 Å². The number of hydrogen-bond donors (Lipinski definition) is 6. The Labute approximate surface area is 406 Å². The van der Waals surface area contributed by atoms with Crippen molar-refractivity contribution in [3.63, 3.8) is 0 Å². The van der Waals surface area contributed by atoms with Crippen molar-refractivity contribution in [3.8, 4) is 22.5 Å². The third-order valence-electron chi connectivity index (χ3n) is 12.4. The van der Waals surface area contributed by atoms with Crippen LogP contribution in [-0.2, 0) is 43.0 Å². The summed E-state index contributed by atoms with van der Waals surface area (Å²) in [7, 11) is -4.60. The molecular weight excluding hydrogens is 987 g/mol. The molecule has 6 heterocycles. The van der Waals surface area contributed by atoms with Crippen molar-refractivity contribution in [1.82, 2.24) is 49.2 Å². The van der Waals surface area contributed by atoms with Crippen LogP contribution in [0.3, 0.4) is 0 Å². The van der Waals surface area contributed by atoms with Crippen molar-refractivity contribution in [2.75, 3.05) is 45.1 Å². The molecule has 0 radical (unpaired) electrons. The van der Waals surface area contributed by atoms with Crippen LogP contribution in [0.2, 0.25) is 0 Å². The number of amides is 2. The number of benzene rings is 2. The molecule has 2 aromatic carbocycles. The number of alkyl halides is 4. The zero-order valence-corrected chi connectivity index (χ0v) is 40.2. The molecule has 5 atom stereocenters. The largest absolute Gasteiger partial charge is 0.353 e. The summed E-state index contributed by atoms with van der Waals surface area (Å²) in [5.41, 5.74) is 3.52. The van der Waals surface area contributed by atoms with E-state index in [1.54, 1.807) is 67.6 Å². The minimum Gasteiger partial charge on any atom is -0.353 e. The maximum Gasteiger partial charge on any atom is 0.295 e. The molecule has 2 unspecified atom stereocenters. The topological polar surface area (TPSA) is 273 Å². The van der Waals surface area contributed by atoms with Crippen molar-refractivity contribution in [2.24, 2.45) is 24.8 Å². The lowest BCUT2D eigenvalue weighted by Crippen LogP contribution is -2.25. The van der Waals surface area contributed by atoms with Crippen LogP contribution in [-0.4, -0.2) is 110 Å². The zero-order valence-electron chi connectivity index (χ0n) is 38.6. The van der Waals surface area contributed by atoms with Gasteiger partial charge in [0.2, 0.25) is 21.8 Å². The Bertz CT molecular complexity index is 3730. The Morgan fingerprint density at radius 3 is 2.11 bits per heavy atom. The second-order valence-electron chi connectivity index (χ2n) is 17.7. The number of carbonyl (C=O) groups excluding carboxylic acids is 2. The molecule has 0 spiro atoms. The Balaban J connectivity index is 0.866. The number of nitrogens with one attached hydrogen (secondary N) is 6. The predicted octanol–water partition coefficient (Wildman–Crippen LogP) is 6.55. The Morgan fingerprint density at radius 2 is 1.47 bits per heavy atom. The van der Waals surface area contributed by atoms with E-state index >= 15 is 4.39 Å². The average Bonchev–Trinajstić information content (AvgIpc) is 3.74. The van der Waals surface area contributed by atoms with Gasteiger partial charge in [0.15, 0.2) is 27.0 Å². The summed E-state index contributed by atoms with van der Waals surface area (Å²) >= 11 is 0. The molecule has 0 bridgehead atoms. The number of sulfonamides is 1. The van der Waals surface area contributed by atoms with Gasteiger partial charge in [0.05, 0.1) is 75.3 Å². The Hall–Kier alpha value is -7.94. The fraction of sp³-hybridized carbons (Fsp3) is 0.289. The van der Waals surface area contributed by atoms with Gasteiger partial charge in [-0.1, -0.05) is 12.1 Å². The summed E-state index contributed by atoms with van der Waals surface area (Å²) in [6.45, 7) is 1.65. The van der Waals surface area contributed by atoms with Gasteiger partial charge in [0.25, 0.3) is 6.43 Å². The normalized spacial score (nSPS) is 18.7. The molecule has 0 saturated heterocycles. The predicted molar refractivity (Wildman–Crippen MR) is 259 cm³/mol. The van der Waals surface area contributed by atoms with Crippen LogP contribution in [0, 0.1) is 24.7 Å². The third-order valence-corrected chi connectivity index (χ3v) is 14.7. The quantitative estimate of drug-likeness (QED) is 0.0561. The number of hydrogen-bond acceptors (Lipinski definition) is 14. The number of anilines is 7. The van der Waals surface area contributed by atoms with E-state index in [0.29, 0.717) is 39.5 Å². The Morgan fingerprint density at radius 1 is 0.833 bits per heavy atom. The number of aryl methyl sites for hydroxylation is 2. The van der Waals surface area contributed by atoms with Crippen LogP contribution in [0.4, 0.5) is 57.6 Å². The van der Waals surface area contributed by atoms with Crippen molar-refractivity contribution in [2.45, 2.75) is 43.6 Å². The molecule has 0 aliphatic heterocycles. The van der Waals surface area contributed by atoms with Crippen LogP contribution in [0.15, 0.2) is 78.2 Å². The van der Waals surface area contributed by atoms with E-state index in [1.165, 1.54) is 36.0 Å². The van der Waals surface area contributed by atoms with Gasteiger partial charge in [0.1, 0.15) is 40.8 Å². The monoisotopic (exact) mass is 1030 g/mol. The van der Waals surface area contributed by atoms with Gasteiger partial charge in [-0.2, -0.15) is 5.10 Å². The molecule has 374 valence electrons. The molecular formula is C45H43F4N15O6S2. The van der Waals surface area contributed by atoms with E-state index in [4.69, 9.17) is 0 Å². The second kappa shape index (κ2) is 17.7. The van der Waals surface area contributed by atoms with E-state index in [9.17, 15) is 39.6 Å². The summed E-state index contributed by atoms with van der Waals surface area (Å²) in [5, 5.41) is 16.0.